The number of carbonyl (C=O) groups excluding carboxylic acids is 1. The topological polar surface area (TPSA) is 41.6 Å². The molecule has 1 heterocycles. The summed E-state index contributed by atoms with van der Waals surface area (Å²) in [6.45, 7) is 6.81. The number of morpholine rings is 1. The second kappa shape index (κ2) is 8.37. The summed E-state index contributed by atoms with van der Waals surface area (Å²) in [7, 11) is 0. The first-order valence-corrected chi connectivity index (χ1v) is 7.94. The molecule has 5 heteroatoms. The van der Waals surface area contributed by atoms with E-state index in [9.17, 15) is 4.79 Å². The Kier molecular flexibility index (Phi) is 6.49. The van der Waals surface area contributed by atoms with Gasteiger partial charge < -0.3 is 10.1 Å². The van der Waals surface area contributed by atoms with E-state index in [2.05, 4.69) is 22.3 Å². The molecule has 0 radical (unpaired) electrons. The Bertz CT molecular complexity index is 461. The molecule has 116 valence electrons. The van der Waals surface area contributed by atoms with Crippen molar-refractivity contribution in [3.63, 3.8) is 0 Å². The molecule has 4 nitrogen and oxygen atoms in total. The van der Waals surface area contributed by atoms with Gasteiger partial charge in [-0.1, -0.05) is 31.2 Å². The van der Waals surface area contributed by atoms with Crippen molar-refractivity contribution in [1.29, 1.82) is 0 Å². The second-order valence-corrected chi connectivity index (χ2v) is 5.74. The predicted molar refractivity (Wildman–Crippen MR) is 84.3 cm³/mol. The maximum absolute atomic E-state index is 11.8. The van der Waals surface area contributed by atoms with Crippen LogP contribution in [0, 0.1) is 5.92 Å². The minimum atomic E-state index is -0.155. The number of nitrogens with one attached hydrogen (secondary N) is 1. The van der Waals surface area contributed by atoms with Crippen LogP contribution in [0.3, 0.4) is 0 Å². The monoisotopic (exact) mass is 310 g/mol. The smallest absolute Gasteiger partial charge is 0.224 e. The lowest BCUT2D eigenvalue weighted by Gasteiger charge is -2.27. The van der Waals surface area contributed by atoms with Gasteiger partial charge in [-0.3, -0.25) is 9.69 Å². The average Bonchev–Trinajstić information content (AvgIpc) is 2.54. The minimum Gasteiger partial charge on any atom is -0.379 e. The highest BCUT2D eigenvalue weighted by molar-refractivity contribution is 6.19. The van der Waals surface area contributed by atoms with Gasteiger partial charge in [0.05, 0.1) is 13.2 Å². The molecule has 1 aromatic carbocycles. The van der Waals surface area contributed by atoms with Crippen LogP contribution < -0.4 is 5.32 Å². The molecule has 0 saturated carbocycles. The molecule has 1 unspecified atom stereocenters. The molecule has 0 aliphatic carbocycles. The lowest BCUT2D eigenvalue weighted by molar-refractivity contribution is -0.124. The van der Waals surface area contributed by atoms with Gasteiger partial charge in [-0.05, 0) is 11.1 Å². The fourth-order valence-corrected chi connectivity index (χ4v) is 2.45. The number of carbonyl (C=O) groups is 1. The molecule has 1 amide bonds. The van der Waals surface area contributed by atoms with Gasteiger partial charge in [0.1, 0.15) is 0 Å². The summed E-state index contributed by atoms with van der Waals surface area (Å²) in [5, 5.41) is 2.96. The van der Waals surface area contributed by atoms with Crippen molar-refractivity contribution in [3.05, 3.63) is 35.4 Å². The number of amides is 1. The van der Waals surface area contributed by atoms with E-state index in [0.717, 1.165) is 32.8 Å². The van der Waals surface area contributed by atoms with Crippen LogP contribution >= 0.6 is 11.6 Å². The third kappa shape index (κ3) is 4.99. The number of halogens is 1. The fraction of sp³-hybridized carbons (Fsp3) is 0.562. The van der Waals surface area contributed by atoms with Crippen LogP contribution in [-0.2, 0) is 22.6 Å². The number of rotatable bonds is 6. The van der Waals surface area contributed by atoms with Crippen molar-refractivity contribution in [3.8, 4) is 0 Å². The molecule has 0 spiro atoms. The third-order valence-corrected chi connectivity index (χ3v) is 4.21. The molecular weight excluding hydrogens is 288 g/mol. The zero-order valence-electron chi connectivity index (χ0n) is 12.5. The van der Waals surface area contributed by atoms with Crippen molar-refractivity contribution < 1.29 is 9.53 Å². The first-order chi connectivity index (χ1) is 10.2. The lowest BCUT2D eigenvalue weighted by Crippen LogP contribution is -2.36. The summed E-state index contributed by atoms with van der Waals surface area (Å²) < 4.78 is 5.37. The molecule has 1 aliphatic heterocycles. The van der Waals surface area contributed by atoms with E-state index >= 15 is 0 Å². The van der Waals surface area contributed by atoms with Crippen molar-refractivity contribution in [1.82, 2.24) is 10.2 Å². The first kappa shape index (κ1) is 16.3. The van der Waals surface area contributed by atoms with Crippen molar-refractivity contribution in [2.45, 2.75) is 20.0 Å². The Morgan fingerprint density at radius 2 is 2.00 bits per heavy atom. The standard InChI is InChI=1S/C16H23ClN2O2/c1-13(10-17)16(20)18-11-14-4-2-3-5-15(14)12-19-6-8-21-9-7-19/h2-5,13H,6-12H2,1H3,(H,18,20). The summed E-state index contributed by atoms with van der Waals surface area (Å²) in [5.41, 5.74) is 2.43. The van der Waals surface area contributed by atoms with E-state index in [4.69, 9.17) is 16.3 Å². The Hall–Kier alpha value is -1.10. The van der Waals surface area contributed by atoms with Gasteiger partial charge in [-0.15, -0.1) is 11.6 Å². The van der Waals surface area contributed by atoms with Crippen LogP contribution in [0.1, 0.15) is 18.1 Å². The molecule has 1 fully saturated rings. The number of ether oxygens (including phenoxy) is 1. The number of alkyl halides is 1. The van der Waals surface area contributed by atoms with Gasteiger partial charge in [-0.2, -0.15) is 0 Å². The molecular formula is C16H23ClN2O2. The van der Waals surface area contributed by atoms with Crippen LogP contribution in [0.15, 0.2) is 24.3 Å². The highest BCUT2D eigenvalue weighted by Crippen LogP contribution is 2.13. The number of nitrogens with zero attached hydrogens (tertiary/aromatic N) is 1. The van der Waals surface area contributed by atoms with Gasteiger partial charge >= 0.3 is 0 Å². The largest absolute Gasteiger partial charge is 0.379 e. The van der Waals surface area contributed by atoms with E-state index in [-0.39, 0.29) is 11.8 Å². The predicted octanol–water partition coefficient (Wildman–Crippen LogP) is 2.01. The van der Waals surface area contributed by atoms with E-state index in [1.165, 1.54) is 11.1 Å². The second-order valence-electron chi connectivity index (χ2n) is 5.43. The Morgan fingerprint density at radius 1 is 1.33 bits per heavy atom. The highest BCUT2D eigenvalue weighted by Gasteiger charge is 2.14. The summed E-state index contributed by atoms with van der Waals surface area (Å²) in [4.78, 5) is 14.2. The fourth-order valence-electron chi connectivity index (χ4n) is 2.31. The Balaban J connectivity index is 1.94. The Labute approximate surface area is 131 Å². The molecule has 1 saturated heterocycles. The van der Waals surface area contributed by atoms with Crippen molar-refractivity contribution >= 4 is 17.5 Å². The first-order valence-electron chi connectivity index (χ1n) is 7.41. The van der Waals surface area contributed by atoms with Gasteiger partial charge in [0.2, 0.25) is 5.91 Å². The van der Waals surface area contributed by atoms with Gasteiger partial charge in [0.25, 0.3) is 0 Å². The van der Waals surface area contributed by atoms with Crippen LogP contribution in [0.5, 0.6) is 0 Å². The number of benzene rings is 1. The summed E-state index contributed by atoms with van der Waals surface area (Å²) in [6.07, 6.45) is 0. The zero-order valence-corrected chi connectivity index (χ0v) is 13.2. The lowest BCUT2D eigenvalue weighted by atomic mass is 10.1. The van der Waals surface area contributed by atoms with Gasteiger partial charge in [-0.25, -0.2) is 0 Å². The summed E-state index contributed by atoms with van der Waals surface area (Å²) >= 11 is 5.71. The molecule has 1 N–H and O–H groups in total. The maximum atomic E-state index is 11.8. The summed E-state index contributed by atoms with van der Waals surface area (Å²) in [6, 6.07) is 8.25. The van der Waals surface area contributed by atoms with Gasteiger partial charge in [0, 0.05) is 38.0 Å². The SMILES string of the molecule is CC(CCl)C(=O)NCc1ccccc1CN1CCOCC1. The van der Waals surface area contributed by atoms with Crippen molar-refractivity contribution in [2.24, 2.45) is 5.92 Å². The minimum absolute atomic E-state index is 0.00572. The zero-order chi connectivity index (χ0) is 15.1. The van der Waals surface area contributed by atoms with Crippen LogP contribution in [0.4, 0.5) is 0 Å². The summed E-state index contributed by atoms with van der Waals surface area (Å²) in [5.74, 6) is 0.200. The average molecular weight is 311 g/mol. The van der Waals surface area contributed by atoms with Crippen LogP contribution in [0.2, 0.25) is 0 Å². The van der Waals surface area contributed by atoms with E-state index in [1.807, 2.05) is 19.1 Å². The molecule has 1 aliphatic rings. The number of hydrogen-bond acceptors (Lipinski definition) is 3. The normalized spacial score (nSPS) is 17.4. The molecule has 2 rings (SSSR count). The molecule has 21 heavy (non-hydrogen) atoms. The number of hydrogen-bond donors (Lipinski definition) is 1. The Morgan fingerprint density at radius 3 is 2.67 bits per heavy atom. The van der Waals surface area contributed by atoms with Crippen molar-refractivity contribution in [2.75, 3.05) is 32.2 Å². The van der Waals surface area contributed by atoms with Gasteiger partial charge in [0.15, 0.2) is 0 Å². The molecule has 1 aromatic rings. The van der Waals surface area contributed by atoms with E-state index < -0.39 is 0 Å². The molecule has 1 atom stereocenters. The highest BCUT2D eigenvalue weighted by atomic mass is 35.5. The van der Waals surface area contributed by atoms with Crippen LogP contribution in [0.25, 0.3) is 0 Å². The maximum Gasteiger partial charge on any atom is 0.224 e. The molecule has 0 bridgehead atoms. The molecule has 0 aromatic heterocycles. The van der Waals surface area contributed by atoms with E-state index in [0.29, 0.717) is 12.4 Å². The third-order valence-electron chi connectivity index (χ3n) is 3.75. The van der Waals surface area contributed by atoms with Crippen LogP contribution in [-0.4, -0.2) is 43.0 Å². The van der Waals surface area contributed by atoms with E-state index in [1.54, 1.807) is 0 Å². The quantitative estimate of drug-likeness (QED) is 0.817.